The molecule has 1 unspecified atom stereocenters. The highest BCUT2D eigenvalue weighted by molar-refractivity contribution is 9.11. The first kappa shape index (κ1) is 12.3. The molecule has 0 saturated carbocycles. The van der Waals surface area contributed by atoms with E-state index in [9.17, 15) is 0 Å². The molecule has 1 aromatic carbocycles. The van der Waals surface area contributed by atoms with Gasteiger partial charge in [-0.05, 0) is 42.5 Å². The van der Waals surface area contributed by atoms with Gasteiger partial charge in [-0.25, -0.2) is 0 Å². The van der Waals surface area contributed by atoms with E-state index in [1.54, 1.807) is 0 Å². The van der Waals surface area contributed by atoms with Crippen molar-refractivity contribution in [2.45, 2.75) is 25.3 Å². The quantitative estimate of drug-likeness (QED) is 0.879. The number of hydrogen-bond donors (Lipinski definition) is 1. The molecule has 0 fully saturated rings. The largest absolute Gasteiger partial charge is 0.309 e. The Kier molecular flexibility index (Phi) is 4.22. The topological polar surface area (TPSA) is 12.0 Å². The SMILES string of the molecule is C=C(Br)CNC1CCc2cc(Br)ccc2C1. The summed E-state index contributed by atoms with van der Waals surface area (Å²) in [6.07, 6.45) is 3.51. The van der Waals surface area contributed by atoms with Crippen LogP contribution in [-0.4, -0.2) is 12.6 Å². The molecule has 0 bridgehead atoms. The molecular formula is C13H15Br2N. The molecule has 0 aliphatic heterocycles. The predicted octanol–water partition coefficient (Wildman–Crippen LogP) is 3.80. The second-order valence-corrected chi connectivity index (χ2v) is 6.29. The summed E-state index contributed by atoms with van der Waals surface area (Å²) in [4.78, 5) is 0. The smallest absolute Gasteiger partial charge is 0.0268 e. The van der Waals surface area contributed by atoms with Crippen molar-refractivity contribution in [2.24, 2.45) is 0 Å². The van der Waals surface area contributed by atoms with Crippen molar-refractivity contribution >= 4 is 31.9 Å². The zero-order valence-electron chi connectivity index (χ0n) is 9.10. The summed E-state index contributed by atoms with van der Waals surface area (Å²) in [5.41, 5.74) is 2.97. The van der Waals surface area contributed by atoms with E-state index >= 15 is 0 Å². The minimum atomic E-state index is 0.586. The lowest BCUT2D eigenvalue weighted by molar-refractivity contribution is 0.479. The summed E-state index contributed by atoms with van der Waals surface area (Å²) in [6, 6.07) is 7.19. The van der Waals surface area contributed by atoms with Crippen molar-refractivity contribution in [3.63, 3.8) is 0 Å². The van der Waals surface area contributed by atoms with E-state index in [2.05, 4.69) is 62.0 Å². The van der Waals surface area contributed by atoms with Crippen molar-refractivity contribution in [1.82, 2.24) is 5.32 Å². The van der Waals surface area contributed by atoms with Gasteiger partial charge < -0.3 is 5.32 Å². The molecule has 1 aromatic rings. The molecule has 0 spiro atoms. The molecule has 0 heterocycles. The zero-order valence-corrected chi connectivity index (χ0v) is 12.3. The van der Waals surface area contributed by atoms with E-state index in [1.807, 2.05) is 0 Å². The first-order valence-electron chi connectivity index (χ1n) is 5.49. The fraction of sp³-hybridized carbons (Fsp3) is 0.385. The Balaban J connectivity index is 2.01. The van der Waals surface area contributed by atoms with E-state index in [0.717, 1.165) is 17.4 Å². The van der Waals surface area contributed by atoms with Crippen LogP contribution in [-0.2, 0) is 12.8 Å². The molecule has 3 heteroatoms. The summed E-state index contributed by atoms with van der Waals surface area (Å²) in [7, 11) is 0. The van der Waals surface area contributed by atoms with Crippen molar-refractivity contribution in [1.29, 1.82) is 0 Å². The number of fused-ring (bicyclic) bond motifs is 1. The Bertz CT molecular complexity index is 401. The number of nitrogens with one attached hydrogen (secondary N) is 1. The molecule has 1 nitrogen and oxygen atoms in total. The molecule has 1 atom stereocenters. The molecule has 2 rings (SSSR count). The highest BCUT2D eigenvalue weighted by atomic mass is 79.9. The van der Waals surface area contributed by atoms with Crippen molar-refractivity contribution in [2.75, 3.05) is 6.54 Å². The van der Waals surface area contributed by atoms with Gasteiger partial charge in [-0.1, -0.05) is 44.5 Å². The van der Waals surface area contributed by atoms with E-state index in [0.29, 0.717) is 6.04 Å². The van der Waals surface area contributed by atoms with Gasteiger partial charge in [0.1, 0.15) is 0 Å². The molecule has 0 amide bonds. The van der Waals surface area contributed by atoms with Crippen LogP contribution in [0.4, 0.5) is 0 Å². The molecule has 1 N–H and O–H groups in total. The fourth-order valence-corrected chi connectivity index (χ4v) is 2.72. The Morgan fingerprint density at radius 2 is 2.25 bits per heavy atom. The van der Waals surface area contributed by atoms with Crippen molar-refractivity contribution in [3.05, 3.63) is 44.9 Å². The van der Waals surface area contributed by atoms with Crippen molar-refractivity contribution < 1.29 is 0 Å². The van der Waals surface area contributed by atoms with Crippen LogP contribution in [0, 0.1) is 0 Å². The molecule has 0 saturated heterocycles. The van der Waals surface area contributed by atoms with Crippen LogP contribution in [0.2, 0.25) is 0 Å². The first-order chi connectivity index (χ1) is 7.65. The molecular weight excluding hydrogens is 330 g/mol. The van der Waals surface area contributed by atoms with Crippen LogP contribution in [0.15, 0.2) is 33.7 Å². The average Bonchev–Trinajstić information content (AvgIpc) is 2.26. The highest BCUT2D eigenvalue weighted by Crippen LogP contribution is 2.24. The highest BCUT2D eigenvalue weighted by Gasteiger charge is 2.17. The number of halogens is 2. The van der Waals surface area contributed by atoms with E-state index in [1.165, 1.54) is 28.4 Å². The Morgan fingerprint density at radius 3 is 3.00 bits per heavy atom. The third kappa shape index (κ3) is 3.19. The van der Waals surface area contributed by atoms with Crippen LogP contribution >= 0.6 is 31.9 Å². The summed E-state index contributed by atoms with van der Waals surface area (Å²) in [5.74, 6) is 0. The van der Waals surface area contributed by atoms with Gasteiger partial charge in [-0.15, -0.1) is 0 Å². The summed E-state index contributed by atoms with van der Waals surface area (Å²) < 4.78 is 2.21. The van der Waals surface area contributed by atoms with E-state index in [-0.39, 0.29) is 0 Å². The molecule has 16 heavy (non-hydrogen) atoms. The normalized spacial score (nSPS) is 19.2. The maximum absolute atomic E-state index is 3.84. The third-order valence-corrected chi connectivity index (χ3v) is 3.75. The second kappa shape index (κ2) is 5.48. The third-order valence-electron chi connectivity index (χ3n) is 2.98. The van der Waals surface area contributed by atoms with Gasteiger partial charge in [0.25, 0.3) is 0 Å². The number of aryl methyl sites for hydroxylation is 1. The molecule has 86 valence electrons. The lowest BCUT2D eigenvalue weighted by atomic mass is 9.88. The second-order valence-electron chi connectivity index (χ2n) is 4.25. The number of rotatable bonds is 3. The standard InChI is InChI=1S/C13H15Br2N/c1-9(14)8-16-13-5-3-10-6-12(15)4-2-11(10)7-13/h2,4,6,13,16H,1,3,5,7-8H2. The summed E-state index contributed by atoms with van der Waals surface area (Å²) in [5, 5.41) is 3.52. The molecule has 0 radical (unpaired) electrons. The van der Waals surface area contributed by atoms with Gasteiger partial charge in [-0.2, -0.15) is 0 Å². The maximum atomic E-state index is 3.84. The van der Waals surface area contributed by atoms with Crippen LogP contribution in [0.1, 0.15) is 17.5 Å². The molecule has 1 aliphatic rings. The van der Waals surface area contributed by atoms with Gasteiger partial charge in [-0.3, -0.25) is 0 Å². The molecule has 0 aromatic heterocycles. The lowest BCUT2D eigenvalue weighted by Crippen LogP contribution is -2.35. The minimum absolute atomic E-state index is 0.586. The zero-order chi connectivity index (χ0) is 11.5. The van der Waals surface area contributed by atoms with Gasteiger partial charge in [0.05, 0.1) is 0 Å². The Hall–Kier alpha value is -0.120. The fourth-order valence-electron chi connectivity index (χ4n) is 2.15. The summed E-state index contributed by atoms with van der Waals surface area (Å²) in [6.45, 7) is 4.70. The van der Waals surface area contributed by atoms with Gasteiger partial charge in [0.15, 0.2) is 0 Å². The van der Waals surface area contributed by atoms with E-state index < -0.39 is 0 Å². The first-order valence-corrected chi connectivity index (χ1v) is 7.07. The number of benzene rings is 1. The maximum Gasteiger partial charge on any atom is 0.0268 e. The summed E-state index contributed by atoms with van der Waals surface area (Å²) >= 11 is 6.90. The lowest BCUT2D eigenvalue weighted by Gasteiger charge is -2.25. The average molecular weight is 345 g/mol. The van der Waals surface area contributed by atoms with Gasteiger partial charge in [0, 0.05) is 21.5 Å². The van der Waals surface area contributed by atoms with Gasteiger partial charge >= 0.3 is 0 Å². The Morgan fingerprint density at radius 1 is 1.44 bits per heavy atom. The molecule has 1 aliphatic carbocycles. The van der Waals surface area contributed by atoms with Crippen molar-refractivity contribution in [3.8, 4) is 0 Å². The predicted molar refractivity (Wildman–Crippen MR) is 76.0 cm³/mol. The monoisotopic (exact) mass is 343 g/mol. The van der Waals surface area contributed by atoms with Crippen LogP contribution in [0.5, 0.6) is 0 Å². The van der Waals surface area contributed by atoms with E-state index in [4.69, 9.17) is 0 Å². The Labute approximate surface area is 114 Å². The minimum Gasteiger partial charge on any atom is -0.309 e. The van der Waals surface area contributed by atoms with Crippen LogP contribution in [0.3, 0.4) is 0 Å². The van der Waals surface area contributed by atoms with Crippen LogP contribution < -0.4 is 5.32 Å². The van der Waals surface area contributed by atoms with Gasteiger partial charge in [0.2, 0.25) is 0 Å². The number of hydrogen-bond acceptors (Lipinski definition) is 1. The van der Waals surface area contributed by atoms with Crippen LogP contribution in [0.25, 0.3) is 0 Å².